The van der Waals surface area contributed by atoms with Crippen molar-refractivity contribution in [3.63, 3.8) is 0 Å². The number of imide groups is 2. The summed E-state index contributed by atoms with van der Waals surface area (Å²) in [6.45, 7) is 4.57. The third-order valence-electron chi connectivity index (χ3n) is 17.1. The molecule has 0 radical (unpaired) electrons. The highest BCUT2D eigenvalue weighted by molar-refractivity contribution is 6.27. The average molecular weight is 941 g/mol. The van der Waals surface area contributed by atoms with Crippen LogP contribution in [0, 0.1) is 0 Å². The van der Waals surface area contributed by atoms with Gasteiger partial charge in [0, 0.05) is 50.5 Å². The van der Waals surface area contributed by atoms with Gasteiger partial charge in [-0.3, -0.25) is 29.0 Å². The summed E-state index contributed by atoms with van der Waals surface area (Å²) in [5, 5.41) is 3.43. The number of fused-ring (bicyclic) bond motifs is 3. The molecule has 0 aromatic heterocycles. The van der Waals surface area contributed by atoms with E-state index in [-0.39, 0.29) is 41.1 Å². The predicted molar refractivity (Wildman–Crippen MR) is 291 cm³/mol. The molecule has 0 saturated heterocycles. The zero-order chi connectivity index (χ0) is 48.6. The number of carbonyl (C=O) groups excluding carboxylic acids is 4. The Morgan fingerprint density at radius 1 is 0.437 bits per heavy atom. The predicted octanol–water partition coefficient (Wildman–Crippen LogP) is 16.4. The average Bonchev–Trinajstić information content (AvgIpc) is 3.67. The second kappa shape index (κ2) is 20.0. The maximum absolute atomic E-state index is 14.0. The number of amides is 4. The molecular formula is C65H68N2O4. The Labute approximate surface area is 420 Å². The van der Waals surface area contributed by atoms with Gasteiger partial charge >= 0.3 is 0 Å². The summed E-state index contributed by atoms with van der Waals surface area (Å²) in [5.74, 6) is -0.611. The SMILES string of the molecule is CCCCCCC1(CCCCCC)c2cc(/C=C/c3ccc4c5c(cccc35)C(=O)N(C3CCCCC3)C4=O)ccc2-c2ccc(/C=C/c3ccc4c5c(cccc35)C(=O)N(C3CCCCC3)C4=O)cc21. The van der Waals surface area contributed by atoms with Crippen LogP contribution in [-0.2, 0) is 5.41 Å². The molecule has 6 nitrogen and oxygen atoms in total. The van der Waals surface area contributed by atoms with E-state index in [2.05, 4.69) is 98.8 Å². The van der Waals surface area contributed by atoms with Crippen molar-refractivity contribution >= 4 is 69.5 Å². The Kier molecular flexibility index (Phi) is 13.2. The molecule has 0 N–H and O–H groups in total. The highest BCUT2D eigenvalue weighted by Crippen LogP contribution is 2.55. The summed E-state index contributed by atoms with van der Waals surface area (Å²) in [6, 6.07) is 33.9. The minimum absolute atomic E-state index is 0.0254. The number of nitrogens with zero attached hydrogens (tertiary/aromatic N) is 2. The molecule has 71 heavy (non-hydrogen) atoms. The van der Waals surface area contributed by atoms with E-state index in [9.17, 15) is 19.2 Å². The van der Waals surface area contributed by atoms with Gasteiger partial charge < -0.3 is 0 Å². The Bertz CT molecular complexity index is 2890. The fraction of sp³-hybridized carbons (Fsp3) is 0.385. The standard InChI is InChI=1S/C65H68N2O4/c1-3-5-7-15-39-65(40-16-8-6-4-2)57-41-43(27-31-45-33-37-55-59-49(45)23-17-25-53(59)61(68)66(63(55)70)47-19-11-9-12-20-47)29-35-51(57)52-36-30-44(42-58(52)65)28-32-46-34-38-56-60-50(46)24-18-26-54(60)62(69)67(64(56)71)48-21-13-10-14-22-48/h17-18,23-38,41-42,47-48H,3-16,19-22,39-40H2,1-2H3/b31-27+,32-28+. The number of benzene rings is 6. The molecule has 0 unspecified atom stereocenters. The van der Waals surface area contributed by atoms with Gasteiger partial charge in [-0.25, -0.2) is 0 Å². The lowest BCUT2D eigenvalue weighted by Gasteiger charge is -2.36. The van der Waals surface area contributed by atoms with Crippen LogP contribution in [0.15, 0.2) is 97.1 Å². The fourth-order valence-corrected chi connectivity index (χ4v) is 13.4. The lowest BCUT2D eigenvalue weighted by molar-refractivity contribution is 0.0487. The first-order valence-corrected chi connectivity index (χ1v) is 27.3. The Hall–Kier alpha value is -6.40. The van der Waals surface area contributed by atoms with Gasteiger partial charge in [-0.2, -0.15) is 0 Å². The van der Waals surface area contributed by atoms with Crippen LogP contribution in [0.3, 0.4) is 0 Å². The second-order valence-electron chi connectivity index (χ2n) is 21.4. The third-order valence-corrected chi connectivity index (χ3v) is 17.1. The highest BCUT2D eigenvalue weighted by atomic mass is 16.2. The minimum Gasteiger partial charge on any atom is -0.271 e. The molecule has 0 bridgehead atoms. The molecule has 2 aliphatic heterocycles. The van der Waals surface area contributed by atoms with Gasteiger partial charge in [0.1, 0.15) is 0 Å². The first kappa shape index (κ1) is 47.0. The van der Waals surface area contributed by atoms with E-state index < -0.39 is 0 Å². The van der Waals surface area contributed by atoms with E-state index in [1.54, 1.807) is 9.80 Å². The third kappa shape index (κ3) is 8.39. The van der Waals surface area contributed by atoms with E-state index in [1.807, 2.05) is 36.4 Å². The zero-order valence-corrected chi connectivity index (χ0v) is 41.9. The molecule has 0 spiro atoms. The van der Waals surface area contributed by atoms with Gasteiger partial charge in [-0.05, 0) is 118 Å². The number of hydrogen-bond donors (Lipinski definition) is 0. The first-order chi connectivity index (χ1) is 34.8. The van der Waals surface area contributed by atoms with Crippen molar-refractivity contribution in [2.45, 2.75) is 160 Å². The molecule has 2 fully saturated rings. The molecule has 5 aliphatic rings. The van der Waals surface area contributed by atoms with Gasteiger partial charge in [0.15, 0.2) is 0 Å². The normalized spacial score (nSPS) is 17.9. The van der Waals surface area contributed by atoms with Crippen LogP contribution in [0.2, 0.25) is 0 Å². The number of hydrogen-bond acceptors (Lipinski definition) is 4. The van der Waals surface area contributed by atoms with Gasteiger partial charge in [0.2, 0.25) is 0 Å². The summed E-state index contributed by atoms with van der Waals surface area (Å²) in [6.07, 6.45) is 30.6. The van der Waals surface area contributed by atoms with Crippen LogP contribution in [-0.4, -0.2) is 45.5 Å². The Morgan fingerprint density at radius 3 is 1.24 bits per heavy atom. The lowest BCUT2D eigenvalue weighted by atomic mass is 9.70. The lowest BCUT2D eigenvalue weighted by Crippen LogP contribution is -2.47. The van der Waals surface area contributed by atoms with E-state index in [0.29, 0.717) is 22.3 Å². The summed E-state index contributed by atoms with van der Waals surface area (Å²) >= 11 is 0. The van der Waals surface area contributed by atoms with Crippen LogP contribution in [0.4, 0.5) is 0 Å². The summed E-state index contributed by atoms with van der Waals surface area (Å²) in [7, 11) is 0. The van der Waals surface area contributed by atoms with Gasteiger partial charge in [-0.15, -0.1) is 0 Å². The number of carbonyl (C=O) groups is 4. The monoisotopic (exact) mass is 941 g/mol. The molecule has 362 valence electrons. The second-order valence-corrected chi connectivity index (χ2v) is 21.4. The van der Waals surface area contributed by atoms with Crippen LogP contribution in [0.1, 0.15) is 217 Å². The molecular weight excluding hydrogens is 873 g/mol. The maximum atomic E-state index is 14.0. The molecule has 3 aliphatic carbocycles. The van der Waals surface area contributed by atoms with Crippen LogP contribution in [0.25, 0.3) is 57.0 Å². The van der Waals surface area contributed by atoms with Crippen molar-refractivity contribution in [1.29, 1.82) is 0 Å². The van der Waals surface area contributed by atoms with Crippen LogP contribution >= 0.6 is 0 Å². The molecule has 6 aromatic carbocycles. The van der Waals surface area contributed by atoms with Crippen LogP contribution in [0.5, 0.6) is 0 Å². The number of unbranched alkanes of at least 4 members (excludes halogenated alkanes) is 6. The van der Waals surface area contributed by atoms with Crippen molar-refractivity contribution in [3.05, 3.63) is 153 Å². The molecule has 2 saturated carbocycles. The molecule has 0 atom stereocenters. The fourth-order valence-electron chi connectivity index (χ4n) is 13.4. The Morgan fingerprint density at radius 2 is 0.831 bits per heavy atom. The van der Waals surface area contributed by atoms with Gasteiger partial charge in [-0.1, -0.05) is 201 Å². The van der Waals surface area contributed by atoms with E-state index >= 15 is 0 Å². The molecule has 4 amide bonds. The summed E-state index contributed by atoms with van der Waals surface area (Å²) in [4.78, 5) is 59.2. The van der Waals surface area contributed by atoms with Crippen molar-refractivity contribution in [2.75, 3.05) is 0 Å². The molecule has 6 heteroatoms. The maximum Gasteiger partial charge on any atom is 0.261 e. The van der Waals surface area contributed by atoms with Crippen molar-refractivity contribution in [3.8, 4) is 11.1 Å². The van der Waals surface area contributed by atoms with E-state index in [4.69, 9.17) is 0 Å². The molecule has 6 aromatic rings. The minimum atomic E-state index is -0.153. The zero-order valence-electron chi connectivity index (χ0n) is 41.9. The van der Waals surface area contributed by atoms with Crippen molar-refractivity contribution < 1.29 is 19.2 Å². The van der Waals surface area contributed by atoms with E-state index in [0.717, 1.165) is 134 Å². The van der Waals surface area contributed by atoms with Crippen molar-refractivity contribution in [1.82, 2.24) is 9.80 Å². The summed E-state index contributed by atoms with van der Waals surface area (Å²) in [5.41, 5.74) is 12.1. The summed E-state index contributed by atoms with van der Waals surface area (Å²) < 4.78 is 0. The quantitative estimate of drug-likeness (QED) is 0.0550. The molecule has 2 heterocycles. The number of rotatable bonds is 16. The first-order valence-electron chi connectivity index (χ1n) is 27.3. The highest BCUT2D eigenvalue weighted by Gasteiger charge is 2.43. The Balaban J connectivity index is 0.936. The largest absolute Gasteiger partial charge is 0.271 e. The topological polar surface area (TPSA) is 74.8 Å². The van der Waals surface area contributed by atoms with Gasteiger partial charge in [0.05, 0.1) is 0 Å². The van der Waals surface area contributed by atoms with E-state index in [1.165, 1.54) is 60.8 Å². The smallest absolute Gasteiger partial charge is 0.261 e. The van der Waals surface area contributed by atoms with Crippen LogP contribution < -0.4 is 0 Å². The van der Waals surface area contributed by atoms with Gasteiger partial charge in [0.25, 0.3) is 23.6 Å². The van der Waals surface area contributed by atoms with Crippen molar-refractivity contribution in [2.24, 2.45) is 0 Å². The molecule has 11 rings (SSSR count).